The molecule has 0 aromatic heterocycles. The van der Waals surface area contributed by atoms with Gasteiger partial charge in [-0.05, 0) is 43.2 Å². The zero-order chi connectivity index (χ0) is 19.1. The Balaban J connectivity index is 1.72. The number of amides is 2. The second-order valence-electron chi connectivity index (χ2n) is 5.82. The first-order chi connectivity index (χ1) is 12.4. The van der Waals surface area contributed by atoms with Gasteiger partial charge in [0.15, 0.2) is 0 Å². The Kier molecular flexibility index (Phi) is 7.09. The number of hydrogen-bond donors (Lipinski definition) is 2. The van der Waals surface area contributed by atoms with Crippen molar-refractivity contribution < 1.29 is 18.4 Å². The minimum Gasteiger partial charge on any atom is -0.352 e. The first-order valence-electron chi connectivity index (χ1n) is 8.15. The van der Waals surface area contributed by atoms with Crippen LogP contribution in [0.4, 0.5) is 8.78 Å². The van der Waals surface area contributed by atoms with Crippen LogP contribution in [0.3, 0.4) is 0 Å². The monoisotopic (exact) mass is 380 g/mol. The fourth-order valence-electron chi connectivity index (χ4n) is 2.37. The highest BCUT2D eigenvalue weighted by Crippen LogP contribution is 2.16. The predicted molar refractivity (Wildman–Crippen MR) is 95.9 cm³/mol. The van der Waals surface area contributed by atoms with E-state index in [2.05, 4.69) is 10.6 Å². The molecule has 2 N–H and O–H groups in total. The first kappa shape index (κ1) is 19.8. The summed E-state index contributed by atoms with van der Waals surface area (Å²) in [5, 5.41) is 5.99. The van der Waals surface area contributed by atoms with Crippen molar-refractivity contribution in [2.75, 3.05) is 6.54 Å². The van der Waals surface area contributed by atoms with Crippen LogP contribution in [0.15, 0.2) is 42.5 Å². The van der Waals surface area contributed by atoms with Crippen molar-refractivity contribution in [3.63, 3.8) is 0 Å². The summed E-state index contributed by atoms with van der Waals surface area (Å²) in [5.74, 6) is -2.46. The first-order valence-corrected chi connectivity index (χ1v) is 8.52. The van der Waals surface area contributed by atoms with E-state index in [0.717, 1.165) is 17.7 Å². The van der Waals surface area contributed by atoms with E-state index in [0.29, 0.717) is 17.5 Å². The van der Waals surface area contributed by atoms with Crippen LogP contribution in [0, 0.1) is 11.6 Å². The summed E-state index contributed by atoms with van der Waals surface area (Å²) >= 11 is 5.83. The van der Waals surface area contributed by atoms with E-state index in [1.165, 1.54) is 0 Å². The highest BCUT2D eigenvalue weighted by molar-refractivity contribution is 6.30. The highest BCUT2D eigenvalue weighted by Gasteiger charge is 2.13. The second-order valence-corrected chi connectivity index (χ2v) is 6.26. The third-order valence-corrected chi connectivity index (χ3v) is 4.04. The summed E-state index contributed by atoms with van der Waals surface area (Å²) in [7, 11) is 0. The molecule has 0 aliphatic carbocycles. The van der Waals surface area contributed by atoms with Crippen LogP contribution >= 0.6 is 11.6 Å². The second kappa shape index (κ2) is 9.29. The average molecular weight is 381 g/mol. The lowest BCUT2D eigenvalue weighted by atomic mass is 10.1. The molecule has 1 atom stereocenters. The molecule has 0 saturated heterocycles. The number of hydrogen-bond acceptors (Lipinski definition) is 2. The van der Waals surface area contributed by atoms with Gasteiger partial charge >= 0.3 is 0 Å². The zero-order valence-electron chi connectivity index (χ0n) is 14.2. The summed E-state index contributed by atoms with van der Waals surface area (Å²) in [6.45, 7) is 2.07. The van der Waals surface area contributed by atoms with E-state index in [1.54, 1.807) is 12.1 Å². The van der Waals surface area contributed by atoms with E-state index in [9.17, 15) is 18.4 Å². The van der Waals surface area contributed by atoms with E-state index in [1.807, 2.05) is 19.1 Å². The van der Waals surface area contributed by atoms with Crippen molar-refractivity contribution in [1.29, 1.82) is 0 Å². The normalized spacial score (nSPS) is 11.7. The van der Waals surface area contributed by atoms with Gasteiger partial charge in [0.05, 0.1) is 11.6 Å². The van der Waals surface area contributed by atoms with E-state index in [-0.39, 0.29) is 30.5 Å². The van der Waals surface area contributed by atoms with Crippen molar-refractivity contribution in [1.82, 2.24) is 10.6 Å². The number of carbonyl (C=O) groups is 2. The summed E-state index contributed by atoms with van der Waals surface area (Å²) in [6, 6.07) is 9.77. The number of rotatable bonds is 7. The summed E-state index contributed by atoms with van der Waals surface area (Å²) in [6.07, 6.45) is 0.609. The molecule has 0 fully saturated rings. The van der Waals surface area contributed by atoms with Crippen LogP contribution in [0.1, 0.15) is 41.7 Å². The molecule has 0 aliphatic heterocycles. The fourth-order valence-corrected chi connectivity index (χ4v) is 2.49. The van der Waals surface area contributed by atoms with Gasteiger partial charge in [0, 0.05) is 24.1 Å². The third kappa shape index (κ3) is 5.81. The Morgan fingerprint density at radius 1 is 1.12 bits per heavy atom. The zero-order valence-corrected chi connectivity index (χ0v) is 14.9. The fraction of sp³-hybridized carbons (Fsp3) is 0.263. The topological polar surface area (TPSA) is 58.2 Å². The van der Waals surface area contributed by atoms with Gasteiger partial charge in [0.25, 0.3) is 5.91 Å². The van der Waals surface area contributed by atoms with Crippen molar-refractivity contribution in [3.05, 3.63) is 70.2 Å². The highest BCUT2D eigenvalue weighted by atomic mass is 35.5. The van der Waals surface area contributed by atoms with Crippen LogP contribution in [-0.2, 0) is 4.79 Å². The average Bonchev–Trinajstić information content (AvgIpc) is 2.59. The Morgan fingerprint density at radius 2 is 1.81 bits per heavy atom. The van der Waals surface area contributed by atoms with E-state index < -0.39 is 17.5 Å². The molecule has 0 radical (unpaired) electrons. The van der Waals surface area contributed by atoms with Gasteiger partial charge in [-0.1, -0.05) is 23.7 Å². The number of benzene rings is 2. The summed E-state index contributed by atoms with van der Waals surface area (Å²) in [4.78, 5) is 23.8. The molecule has 138 valence electrons. The van der Waals surface area contributed by atoms with Gasteiger partial charge in [-0.2, -0.15) is 0 Å². The smallest absolute Gasteiger partial charge is 0.254 e. The maximum atomic E-state index is 13.5. The van der Waals surface area contributed by atoms with Crippen molar-refractivity contribution in [2.24, 2.45) is 0 Å². The van der Waals surface area contributed by atoms with Gasteiger partial charge in [-0.25, -0.2) is 8.78 Å². The molecular weight excluding hydrogens is 362 g/mol. The molecule has 0 spiro atoms. The molecule has 26 heavy (non-hydrogen) atoms. The van der Waals surface area contributed by atoms with Crippen LogP contribution in [0.2, 0.25) is 5.02 Å². The third-order valence-electron chi connectivity index (χ3n) is 3.79. The molecule has 2 amide bonds. The molecule has 0 heterocycles. The lowest BCUT2D eigenvalue weighted by molar-refractivity contribution is -0.121. The van der Waals surface area contributed by atoms with Crippen LogP contribution < -0.4 is 10.6 Å². The molecule has 0 bridgehead atoms. The van der Waals surface area contributed by atoms with Gasteiger partial charge < -0.3 is 10.6 Å². The Morgan fingerprint density at radius 3 is 2.46 bits per heavy atom. The maximum Gasteiger partial charge on any atom is 0.254 e. The summed E-state index contributed by atoms with van der Waals surface area (Å²) in [5.41, 5.74) is 0.704. The Bertz CT molecular complexity index is 782. The molecule has 2 rings (SSSR count). The Hall–Kier alpha value is -2.47. The van der Waals surface area contributed by atoms with Crippen molar-refractivity contribution in [3.8, 4) is 0 Å². The van der Waals surface area contributed by atoms with Crippen LogP contribution in [0.25, 0.3) is 0 Å². The van der Waals surface area contributed by atoms with Gasteiger partial charge in [-0.3, -0.25) is 9.59 Å². The SMILES string of the molecule is CC(NC(=O)CCCNC(=O)c1ccc(F)cc1F)c1ccc(Cl)cc1. The maximum absolute atomic E-state index is 13.5. The summed E-state index contributed by atoms with van der Waals surface area (Å²) < 4.78 is 26.3. The minimum atomic E-state index is -0.919. The molecule has 0 aliphatic rings. The minimum absolute atomic E-state index is 0.158. The van der Waals surface area contributed by atoms with E-state index >= 15 is 0 Å². The molecule has 7 heteroatoms. The quantitative estimate of drug-likeness (QED) is 0.713. The molecule has 2 aromatic carbocycles. The van der Waals surface area contributed by atoms with Gasteiger partial charge in [0.2, 0.25) is 5.91 Å². The molecule has 4 nitrogen and oxygen atoms in total. The predicted octanol–water partition coefficient (Wildman–Crippen LogP) is 4.01. The molecule has 1 unspecified atom stereocenters. The van der Waals surface area contributed by atoms with Crippen LogP contribution in [0.5, 0.6) is 0 Å². The number of nitrogens with one attached hydrogen (secondary N) is 2. The Labute approximate surface area is 155 Å². The lowest BCUT2D eigenvalue weighted by Gasteiger charge is -2.14. The largest absolute Gasteiger partial charge is 0.352 e. The molecular formula is C19H19ClF2N2O2. The van der Waals surface area contributed by atoms with Crippen molar-refractivity contribution in [2.45, 2.75) is 25.8 Å². The van der Waals surface area contributed by atoms with Crippen molar-refractivity contribution >= 4 is 23.4 Å². The standard InChI is InChI=1S/C19H19ClF2N2O2/c1-12(13-4-6-14(20)7-5-13)24-18(25)3-2-10-23-19(26)16-9-8-15(21)11-17(16)22/h4-9,11-12H,2-3,10H2,1H3,(H,23,26)(H,24,25). The van der Waals surface area contributed by atoms with Gasteiger partial charge in [-0.15, -0.1) is 0 Å². The number of carbonyl (C=O) groups excluding carboxylic acids is 2. The number of halogens is 3. The molecule has 0 saturated carbocycles. The van der Waals surface area contributed by atoms with E-state index in [4.69, 9.17) is 11.6 Å². The van der Waals surface area contributed by atoms with Gasteiger partial charge in [0.1, 0.15) is 11.6 Å². The van der Waals surface area contributed by atoms with Crippen LogP contribution in [-0.4, -0.2) is 18.4 Å². The lowest BCUT2D eigenvalue weighted by Crippen LogP contribution is -2.29. The molecule has 2 aromatic rings.